The zero-order valence-electron chi connectivity index (χ0n) is 16.3. The summed E-state index contributed by atoms with van der Waals surface area (Å²) in [7, 11) is 0. The number of hydrogen-bond donors (Lipinski definition) is 0. The molecule has 29 heavy (non-hydrogen) atoms. The lowest BCUT2D eigenvalue weighted by Crippen LogP contribution is -2.25. The molecule has 0 unspecified atom stereocenters. The zero-order valence-corrected chi connectivity index (χ0v) is 16.3. The molecule has 0 saturated carbocycles. The minimum atomic E-state index is -0.781. The molecule has 4 rings (SSSR count). The van der Waals surface area contributed by atoms with E-state index in [0.29, 0.717) is 17.1 Å². The average molecular weight is 394 g/mol. The second kappa shape index (κ2) is 6.97. The molecule has 0 bridgehead atoms. The van der Waals surface area contributed by atoms with Crippen LogP contribution in [0.1, 0.15) is 42.9 Å². The Morgan fingerprint density at radius 3 is 2.48 bits per heavy atom. The van der Waals surface area contributed by atoms with E-state index in [4.69, 9.17) is 9.47 Å². The van der Waals surface area contributed by atoms with Crippen LogP contribution in [0.3, 0.4) is 0 Å². The number of nitrogens with zero attached hydrogens (tertiary/aromatic N) is 6. The van der Waals surface area contributed by atoms with E-state index in [1.807, 2.05) is 19.9 Å². The van der Waals surface area contributed by atoms with Crippen LogP contribution in [0.25, 0.3) is 5.78 Å². The predicted molar refractivity (Wildman–Crippen MR) is 101 cm³/mol. The highest BCUT2D eigenvalue weighted by Crippen LogP contribution is 2.30. The SMILES string of the molecule is CC(=O)Oc1ccc([C@H]2OC(c3nc4nc(C)cc(C)n4n3)=NN2C(C)=O)cc1. The van der Waals surface area contributed by atoms with Gasteiger partial charge in [-0.05, 0) is 44.2 Å². The standard InChI is InChI=1S/C19H18N6O4/c1-10-9-11(2)24-19(20-10)21-16(22-24)17-23-25(12(3)26)18(29-17)14-5-7-15(8-6-14)28-13(4)27/h5-9,18H,1-4H3/t18-/m1/s1. The maximum atomic E-state index is 12.1. The third-order valence-corrected chi connectivity index (χ3v) is 4.20. The summed E-state index contributed by atoms with van der Waals surface area (Å²) in [6, 6.07) is 8.52. The molecular formula is C19H18N6O4. The van der Waals surface area contributed by atoms with Gasteiger partial charge in [0.1, 0.15) is 5.75 Å². The van der Waals surface area contributed by atoms with Crippen molar-refractivity contribution in [2.24, 2.45) is 5.10 Å². The summed E-state index contributed by atoms with van der Waals surface area (Å²) in [6.45, 7) is 6.48. The number of hydrogen-bond acceptors (Lipinski definition) is 8. The van der Waals surface area contributed by atoms with Crippen LogP contribution in [0.5, 0.6) is 5.75 Å². The molecular weight excluding hydrogens is 376 g/mol. The first-order valence-electron chi connectivity index (χ1n) is 8.86. The highest BCUT2D eigenvalue weighted by atomic mass is 16.5. The van der Waals surface area contributed by atoms with Gasteiger partial charge in [0.05, 0.1) is 0 Å². The second-order valence-corrected chi connectivity index (χ2v) is 6.59. The second-order valence-electron chi connectivity index (χ2n) is 6.59. The molecule has 0 spiro atoms. The van der Waals surface area contributed by atoms with Crippen LogP contribution >= 0.6 is 0 Å². The average Bonchev–Trinajstić information content (AvgIpc) is 3.26. The van der Waals surface area contributed by atoms with E-state index in [1.165, 1.54) is 18.9 Å². The van der Waals surface area contributed by atoms with Gasteiger partial charge in [-0.25, -0.2) is 9.50 Å². The molecule has 1 aromatic carbocycles. The van der Waals surface area contributed by atoms with E-state index in [2.05, 4.69) is 20.2 Å². The van der Waals surface area contributed by atoms with Crippen molar-refractivity contribution >= 4 is 23.6 Å². The summed E-state index contributed by atoms with van der Waals surface area (Å²) in [5.41, 5.74) is 2.34. The Balaban J connectivity index is 1.65. The molecule has 10 nitrogen and oxygen atoms in total. The van der Waals surface area contributed by atoms with Crippen molar-refractivity contribution in [3.05, 3.63) is 53.1 Å². The molecule has 3 heterocycles. The molecule has 0 saturated heterocycles. The number of carbonyl (C=O) groups excluding carboxylic acids is 2. The van der Waals surface area contributed by atoms with Gasteiger partial charge < -0.3 is 9.47 Å². The molecule has 1 amide bonds. The van der Waals surface area contributed by atoms with Gasteiger partial charge in [-0.15, -0.1) is 10.2 Å². The number of aromatic nitrogens is 4. The number of esters is 1. The summed E-state index contributed by atoms with van der Waals surface area (Å²) < 4.78 is 12.5. The first-order chi connectivity index (χ1) is 13.8. The van der Waals surface area contributed by atoms with Crippen LogP contribution in [-0.2, 0) is 14.3 Å². The zero-order chi connectivity index (χ0) is 20.7. The van der Waals surface area contributed by atoms with E-state index in [0.717, 1.165) is 11.4 Å². The smallest absolute Gasteiger partial charge is 0.308 e. The number of rotatable bonds is 3. The van der Waals surface area contributed by atoms with Gasteiger partial charge in [0.15, 0.2) is 0 Å². The minimum absolute atomic E-state index is 0.122. The summed E-state index contributed by atoms with van der Waals surface area (Å²) in [4.78, 5) is 31.9. The molecule has 0 radical (unpaired) electrons. The molecule has 148 valence electrons. The fourth-order valence-electron chi connectivity index (χ4n) is 3.00. The van der Waals surface area contributed by atoms with E-state index in [-0.39, 0.29) is 17.6 Å². The maximum absolute atomic E-state index is 12.1. The summed E-state index contributed by atoms with van der Waals surface area (Å²) in [6.07, 6.45) is -0.781. The number of hydrazone groups is 1. The van der Waals surface area contributed by atoms with Crippen molar-refractivity contribution in [3.8, 4) is 5.75 Å². The molecule has 0 N–H and O–H groups in total. The first kappa shape index (κ1) is 18.5. The Hall–Kier alpha value is -3.82. The van der Waals surface area contributed by atoms with Crippen molar-refractivity contribution in [2.45, 2.75) is 33.9 Å². The first-order valence-corrected chi connectivity index (χ1v) is 8.86. The molecule has 1 aliphatic rings. The van der Waals surface area contributed by atoms with Crippen LogP contribution in [-0.4, -0.2) is 42.4 Å². The van der Waals surface area contributed by atoms with E-state index in [9.17, 15) is 9.59 Å². The van der Waals surface area contributed by atoms with Crippen molar-refractivity contribution in [1.29, 1.82) is 0 Å². The lowest BCUT2D eigenvalue weighted by atomic mass is 10.2. The Morgan fingerprint density at radius 1 is 1.10 bits per heavy atom. The van der Waals surface area contributed by atoms with Gasteiger partial charge in [0.25, 0.3) is 11.7 Å². The lowest BCUT2D eigenvalue weighted by Gasteiger charge is -2.19. The Labute approximate surface area is 165 Å². The number of amides is 1. The number of benzene rings is 1. The van der Waals surface area contributed by atoms with Crippen molar-refractivity contribution < 1.29 is 19.1 Å². The Morgan fingerprint density at radius 2 is 1.83 bits per heavy atom. The molecule has 0 fully saturated rings. The largest absolute Gasteiger partial charge is 0.443 e. The summed E-state index contributed by atoms with van der Waals surface area (Å²) in [5.74, 6) is 0.459. The van der Waals surface area contributed by atoms with Gasteiger partial charge in [0, 0.05) is 30.8 Å². The van der Waals surface area contributed by atoms with Gasteiger partial charge >= 0.3 is 5.97 Å². The fraction of sp³-hybridized carbons (Fsp3) is 0.263. The van der Waals surface area contributed by atoms with Crippen molar-refractivity contribution in [2.75, 3.05) is 0 Å². The molecule has 2 aromatic heterocycles. The highest BCUT2D eigenvalue weighted by Gasteiger charge is 2.35. The van der Waals surface area contributed by atoms with Crippen LogP contribution < -0.4 is 4.74 Å². The van der Waals surface area contributed by atoms with Gasteiger partial charge in [0.2, 0.25) is 18.0 Å². The molecule has 0 aliphatic carbocycles. The topological polar surface area (TPSA) is 111 Å². The predicted octanol–water partition coefficient (Wildman–Crippen LogP) is 1.91. The van der Waals surface area contributed by atoms with Gasteiger partial charge in [-0.3, -0.25) is 9.59 Å². The molecule has 10 heteroatoms. The van der Waals surface area contributed by atoms with Crippen LogP contribution in [0.4, 0.5) is 0 Å². The number of carbonyl (C=O) groups is 2. The molecule has 3 aromatic rings. The third kappa shape index (κ3) is 3.51. The summed E-state index contributed by atoms with van der Waals surface area (Å²) in [5, 5.41) is 9.87. The quantitative estimate of drug-likeness (QED) is 0.493. The normalized spacial score (nSPS) is 15.9. The minimum Gasteiger partial charge on any atom is -0.443 e. The van der Waals surface area contributed by atoms with Crippen molar-refractivity contribution in [1.82, 2.24) is 24.6 Å². The molecule has 1 atom stereocenters. The third-order valence-electron chi connectivity index (χ3n) is 4.20. The number of aryl methyl sites for hydroxylation is 2. The van der Waals surface area contributed by atoms with E-state index < -0.39 is 12.2 Å². The van der Waals surface area contributed by atoms with E-state index >= 15 is 0 Å². The van der Waals surface area contributed by atoms with E-state index in [1.54, 1.807) is 28.8 Å². The number of fused-ring (bicyclic) bond motifs is 1. The number of ether oxygens (including phenoxy) is 2. The van der Waals surface area contributed by atoms with Crippen LogP contribution in [0.15, 0.2) is 35.4 Å². The lowest BCUT2D eigenvalue weighted by molar-refractivity contribution is -0.135. The monoisotopic (exact) mass is 394 g/mol. The fourth-order valence-corrected chi connectivity index (χ4v) is 3.00. The van der Waals surface area contributed by atoms with Gasteiger partial charge in [-0.1, -0.05) is 0 Å². The van der Waals surface area contributed by atoms with Gasteiger partial charge in [-0.2, -0.15) is 9.99 Å². The summed E-state index contributed by atoms with van der Waals surface area (Å²) >= 11 is 0. The highest BCUT2D eigenvalue weighted by molar-refractivity contribution is 5.93. The Bertz CT molecular complexity index is 1150. The van der Waals surface area contributed by atoms with Crippen molar-refractivity contribution in [3.63, 3.8) is 0 Å². The Kier molecular flexibility index (Phi) is 4.45. The van der Waals surface area contributed by atoms with Crippen LogP contribution in [0.2, 0.25) is 0 Å². The maximum Gasteiger partial charge on any atom is 0.308 e. The van der Waals surface area contributed by atoms with Crippen LogP contribution in [0, 0.1) is 13.8 Å². The molecule has 1 aliphatic heterocycles.